The number of amides is 8. The molecule has 6 rings (SSSR count). The van der Waals surface area contributed by atoms with Crippen molar-refractivity contribution >= 4 is 84.5 Å². The van der Waals surface area contributed by atoms with E-state index in [4.69, 9.17) is 66.3 Å². The number of nitrogens with zero attached hydrogens (tertiary/aromatic N) is 2. The molecule has 36 heteroatoms. The number of carbonyl (C=O) groups is 12. The fraction of sp³-hybridized carbons (Fsp3) is 0.531. The van der Waals surface area contributed by atoms with E-state index >= 15 is 0 Å². The second-order valence-electron chi connectivity index (χ2n) is 26.4. The summed E-state index contributed by atoms with van der Waals surface area (Å²) in [6, 6.07) is 7.94. The number of aliphatic imine (C=N–C) groups is 2. The fourth-order valence-corrected chi connectivity index (χ4v) is 9.56. The monoisotopic (exact) mass is 1410 g/mol. The molecule has 4 aliphatic rings. The van der Waals surface area contributed by atoms with Crippen molar-refractivity contribution in [1.29, 1.82) is 0 Å². The number of nitrogens with one attached hydrogen (secondary N) is 8. The summed E-state index contributed by atoms with van der Waals surface area (Å²) in [4.78, 5) is 166. The number of carbonyl (C=O) groups excluding carboxylic acids is 12. The number of benzene rings is 2. The number of rotatable bonds is 17. The SMILES string of the molecule is COC(=O)C1=C[C@H](N=C(NC(=O)OC(C)(C)C)NC(=O)OC(C)(C)C)[C@@H](NC(C)=O)[C@H]([C@H](OC(=O)NCc2ccc(-c3ccc(CNC(=O)O[C@@H]([C@@H]4OC(C(=O)OC)=C[C@H](N=C(NC(=O)OC(C)(C)C)NC(=O)OC(C)(C)C)[C@H]4NC(C)=O)[C@H]4COC(=O)O4)cc3)cc2)[C@H]2COC(=O)O2)O1. The van der Waals surface area contributed by atoms with Crippen molar-refractivity contribution in [2.75, 3.05) is 27.4 Å². The summed E-state index contributed by atoms with van der Waals surface area (Å²) < 4.78 is 76.1. The lowest BCUT2D eigenvalue weighted by molar-refractivity contribution is -0.148. The normalized spacial score (nSPS) is 20.8. The van der Waals surface area contributed by atoms with E-state index in [0.29, 0.717) is 22.3 Å². The van der Waals surface area contributed by atoms with E-state index < -0.39 is 192 Å². The largest absolute Gasteiger partial charge is 0.508 e. The summed E-state index contributed by atoms with van der Waals surface area (Å²) in [5.41, 5.74) is -1.59. The predicted octanol–water partition coefficient (Wildman–Crippen LogP) is 5.08. The maximum absolute atomic E-state index is 13.9. The second-order valence-corrected chi connectivity index (χ2v) is 26.4. The van der Waals surface area contributed by atoms with Crippen LogP contribution in [-0.4, -0.2) is 195 Å². The summed E-state index contributed by atoms with van der Waals surface area (Å²) in [5.74, 6) is -5.77. The molecule has 2 aromatic rings. The minimum Gasteiger partial charge on any atom is -0.477 e. The number of hydrogen-bond donors (Lipinski definition) is 8. The first kappa shape index (κ1) is 77.9. The third-order valence-electron chi connectivity index (χ3n) is 13.4. The predicted molar refractivity (Wildman–Crippen MR) is 344 cm³/mol. The quantitative estimate of drug-likeness (QED) is 0.0443. The van der Waals surface area contributed by atoms with Crippen LogP contribution in [-0.2, 0) is 98.6 Å². The molecule has 4 heterocycles. The lowest BCUT2D eigenvalue weighted by Gasteiger charge is -2.39. The van der Waals surface area contributed by atoms with Crippen LogP contribution in [0.25, 0.3) is 11.1 Å². The average molecular weight is 1410 g/mol. The number of ether oxygens (including phenoxy) is 14. The van der Waals surface area contributed by atoms with Crippen LogP contribution >= 0.6 is 0 Å². The molecule has 0 unspecified atom stereocenters. The average Bonchev–Trinajstić information content (AvgIpc) is 1.20. The molecule has 2 saturated heterocycles. The Morgan fingerprint density at radius 1 is 0.460 bits per heavy atom. The summed E-state index contributed by atoms with van der Waals surface area (Å²) in [6.45, 7) is 20.0. The minimum atomic E-state index is -1.70. The van der Waals surface area contributed by atoms with Gasteiger partial charge in [-0.15, -0.1) is 0 Å². The van der Waals surface area contributed by atoms with Gasteiger partial charge in [0, 0.05) is 26.9 Å². The number of methoxy groups -OCH3 is 2. The van der Waals surface area contributed by atoms with E-state index in [0.717, 1.165) is 40.2 Å². The van der Waals surface area contributed by atoms with Crippen LogP contribution in [0.2, 0.25) is 0 Å². The molecule has 2 aromatic carbocycles. The van der Waals surface area contributed by atoms with E-state index in [-0.39, 0.29) is 13.1 Å². The Labute approximate surface area is 574 Å². The summed E-state index contributed by atoms with van der Waals surface area (Å²) >= 11 is 0. The highest BCUT2D eigenvalue weighted by Gasteiger charge is 2.52. The van der Waals surface area contributed by atoms with Crippen LogP contribution in [0.5, 0.6) is 0 Å². The molecular formula is C64H84N10O26. The van der Waals surface area contributed by atoms with Crippen LogP contribution in [0.15, 0.2) is 82.2 Å². The van der Waals surface area contributed by atoms with Crippen molar-refractivity contribution in [3.8, 4) is 11.1 Å². The zero-order chi connectivity index (χ0) is 74.2. The fourth-order valence-electron chi connectivity index (χ4n) is 9.56. The van der Waals surface area contributed by atoms with Gasteiger partial charge in [0.2, 0.25) is 35.3 Å². The van der Waals surface area contributed by atoms with Gasteiger partial charge in [0.05, 0.1) is 38.4 Å². The van der Waals surface area contributed by atoms with E-state index in [2.05, 4.69) is 52.5 Å². The Kier molecular flexibility index (Phi) is 26.0. The van der Waals surface area contributed by atoms with Gasteiger partial charge in [-0.2, -0.15) is 0 Å². The van der Waals surface area contributed by atoms with E-state index in [1.54, 1.807) is 132 Å². The zero-order valence-electron chi connectivity index (χ0n) is 57.9. The van der Waals surface area contributed by atoms with Crippen molar-refractivity contribution in [1.82, 2.24) is 42.5 Å². The molecule has 8 N–H and O–H groups in total. The molecule has 100 heavy (non-hydrogen) atoms. The van der Waals surface area contributed by atoms with E-state index in [1.807, 2.05) is 0 Å². The minimum absolute atomic E-state index is 0.151. The Morgan fingerprint density at radius 2 is 0.760 bits per heavy atom. The van der Waals surface area contributed by atoms with Gasteiger partial charge in [-0.1, -0.05) is 48.5 Å². The van der Waals surface area contributed by atoms with Crippen molar-refractivity contribution in [3.05, 3.63) is 83.3 Å². The summed E-state index contributed by atoms with van der Waals surface area (Å²) in [5, 5.41) is 19.9. The molecule has 0 spiro atoms. The maximum atomic E-state index is 13.9. The topological polar surface area (TPSA) is 455 Å². The van der Waals surface area contributed by atoms with Crippen molar-refractivity contribution in [2.24, 2.45) is 9.98 Å². The molecule has 546 valence electrons. The number of guanidine groups is 2. The molecule has 4 aliphatic heterocycles. The summed E-state index contributed by atoms with van der Waals surface area (Å²) in [6.07, 6.45) is -16.2. The maximum Gasteiger partial charge on any atom is 0.508 e. The lowest BCUT2D eigenvalue weighted by atomic mass is 9.92. The van der Waals surface area contributed by atoms with Gasteiger partial charge >= 0.3 is 60.8 Å². The third kappa shape index (κ3) is 24.8. The van der Waals surface area contributed by atoms with Crippen LogP contribution in [0, 0.1) is 0 Å². The van der Waals surface area contributed by atoms with Gasteiger partial charge in [0.15, 0.2) is 36.6 Å². The Bertz CT molecular complexity index is 3220. The molecule has 0 saturated carbocycles. The van der Waals surface area contributed by atoms with Crippen LogP contribution in [0.1, 0.15) is 108 Å². The van der Waals surface area contributed by atoms with Crippen LogP contribution in [0.4, 0.5) is 38.4 Å². The van der Waals surface area contributed by atoms with E-state index in [1.165, 1.54) is 0 Å². The van der Waals surface area contributed by atoms with Crippen LogP contribution < -0.4 is 42.5 Å². The first-order valence-electron chi connectivity index (χ1n) is 31.0. The lowest BCUT2D eigenvalue weighted by Crippen LogP contribution is -2.61. The van der Waals surface area contributed by atoms with E-state index in [9.17, 15) is 57.5 Å². The number of hydrogen-bond acceptors (Lipinski definition) is 28. The number of alkyl carbamates (subject to hydrolysis) is 6. The van der Waals surface area contributed by atoms with Gasteiger partial charge in [0.25, 0.3) is 0 Å². The Hall–Kier alpha value is -11.1. The van der Waals surface area contributed by atoms with Crippen molar-refractivity contribution in [2.45, 2.75) is 193 Å². The molecule has 0 radical (unpaired) electrons. The first-order chi connectivity index (χ1) is 46.6. The summed E-state index contributed by atoms with van der Waals surface area (Å²) in [7, 11) is 2.08. The molecular weight excluding hydrogens is 1320 g/mol. The zero-order valence-corrected chi connectivity index (χ0v) is 57.9. The van der Waals surface area contributed by atoms with Gasteiger partial charge < -0.3 is 87.6 Å². The van der Waals surface area contributed by atoms with Gasteiger partial charge in [-0.3, -0.25) is 30.9 Å². The molecule has 0 aromatic heterocycles. The Morgan fingerprint density at radius 3 is 1.01 bits per heavy atom. The van der Waals surface area contributed by atoms with Gasteiger partial charge in [0.1, 0.15) is 35.6 Å². The van der Waals surface area contributed by atoms with Crippen LogP contribution in [0.3, 0.4) is 0 Å². The number of cyclic esters (lactones) is 4. The molecule has 8 amide bonds. The smallest absolute Gasteiger partial charge is 0.477 e. The molecule has 2 fully saturated rings. The number of esters is 2. The molecule has 36 nitrogen and oxygen atoms in total. The standard InChI is InChI=1S/C64H84N10O26/c1-31(75)67-43-37(69-51(71-55(81)97-61(3,4)5)72-56(82)98-62(6,7)8)25-39(49(77)87-15)91-47(43)45(41-29-89-59(85)93-41)95-53(79)65-27-33-17-21-35(22-18-33)36-23-19-34(20-24-36)28-66-54(80)96-46(42-30-90-60(86)94-42)48-44(68-32(2)76)38(26-40(92-48)50(78)88-16)70-52(73-57(83)99-63(9,10)11)74-58(84)100-64(12,13)14/h17-26,37-38,41-48H,27-30H2,1-16H3,(H,65,79)(H,66,80)(H,67,75)(H,68,76)(H2,69,71,72,81,82)(H2,70,73,74,83,84)/t37-,38-,41+,42+,43+,44+,45+,46+,47+,48+/m0/s1. The highest BCUT2D eigenvalue weighted by atomic mass is 16.8. The highest BCUT2D eigenvalue weighted by molar-refractivity contribution is 6.02. The highest BCUT2D eigenvalue weighted by Crippen LogP contribution is 2.32. The molecule has 10 atom stereocenters. The van der Waals surface area contributed by atoms with Crippen molar-refractivity contribution < 1.29 is 124 Å². The van der Waals surface area contributed by atoms with Crippen molar-refractivity contribution in [3.63, 3.8) is 0 Å². The van der Waals surface area contributed by atoms with Gasteiger partial charge in [-0.25, -0.2) is 57.9 Å². The molecule has 0 aliphatic carbocycles. The van der Waals surface area contributed by atoms with Gasteiger partial charge in [-0.05, 0) is 117 Å². The molecule has 0 bridgehead atoms. The third-order valence-corrected chi connectivity index (χ3v) is 13.4. The Balaban J connectivity index is 1.18. The first-order valence-corrected chi connectivity index (χ1v) is 31.0. The second kappa shape index (κ2) is 33.4.